The number of ether oxygens (including phenoxy) is 1. The fourth-order valence-electron chi connectivity index (χ4n) is 8.45. The van der Waals surface area contributed by atoms with Crippen LogP contribution in [0.25, 0.3) is 0 Å². The van der Waals surface area contributed by atoms with E-state index in [1.165, 1.54) is 22.3 Å². The van der Waals surface area contributed by atoms with Gasteiger partial charge in [0.15, 0.2) is 0 Å². The Balaban J connectivity index is 1.29. The second kappa shape index (κ2) is 10.2. The number of nitrogens with zero attached hydrogens (tertiary/aromatic N) is 2. The topological polar surface area (TPSA) is 32.8 Å². The van der Waals surface area contributed by atoms with E-state index in [0.29, 0.717) is 6.42 Å². The standard InChI is InChI=1S/C44H36N2O2/c1-28-18-22-38-36(24-28)44(33-14-8-10-16-40(33)48-41-17-11-9-15-34(41)44)37-25-29(2)19-23-39(37)46(38)32-20-21-35-42(47)45(31-12-6-5-7-13-31)27-30(3)43(35,4)26-32/h5-25,27H,26H2,1-4H3. The number of fused-ring (bicyclic) bond motifs is 9. The van der Waals surface area contributed by atoms with E-state index in [-0.39, 0.29) is 5.91 Å². The number of aryl methyl sites for hydroxylation is 2. The number of carbonyl (C=O) groups excluding carboxylic acids is 1. The molecule has 0 saturated carbocycles. The number of rotatable bonds is 2. The Bertz CT molecular complexity index is 2180. The first-order valence-electron chi connectivity index (χ1n) is 16.7. The molecule has 5 aromatic carbocycles. The minimum atomic E-state index is -0.586. The zero-order chi connectivity index (χ0) is 32.8. The van der Waals surface area contributed by atoms with Gasteiger partial charge in [-0.25, -0.2) is 0 Å². The minimum Gasteiger partial charge on any atom is -0.457 e. The highest BCUT2D eigenvalue weighted by atomic mass is 16.5. The number of anilines is 3. The van der Waals surface area contributed by atoms with Crippen LogP contribution >= 0.6 is 0 Å². The highest BCUT2D eigenvalue weighted by Gasteiger charge is 2.52. The van der Waals surface area contributed by atoms with E-state index in [1.807, 2.05) is 36.5 Å². The summed E-state index contributed by atoms with van der Waals surface area (Å²) in [6.45, 7) is 8.74. The van der Waals surface area contributed by atoms with Gasteiger partial charge in [0.1, 0.15) is 11.5 Å². The Morgan fingerprint density at radius 3 is 1.81 bits per heavy atom. The Hall–Kier alpha value is -5.61. The van der Waals surface area contributed by atoms with Gasteiger partial charge >= 0.3 is 0 Å². The number of amides is 1. The van der Waals surface area contributed by atoms with Gasteiger partial charge in [0.05, 0.1) is 16.8 Å². The van der Waals surface area contributed by atoms with E-state index in [0.717, 1.165) is 56.5 Å². The maximum absolute atomic E-state index is 14.1. The molecule has 1 atom stereocenters. The van der Waals surface area contributed by atoms with Crippen LogP contribution in [0.1, 0.15) is 53.6 Å². The van der Waals surface area contributed by atoms with Crippen molar-refractivity contribution < 1.29 is 9.53 Å². The predicted molar refractivity (Wildman–Crippen MR) is 193 cm³/mol. The summed E-state index contributed by atoms with van der Waals surface area (Å²) in [5, 5.41) is 0. The first-order valence-corrected chi connectivity index (χ1v) is 16.7. The summed E-state index contributed by atoms with van der Waals surface area (Å²) in [7, 11) is 0. The van der Waals surface area contributed by atoms with Crippen LogP contribution in [0.5, 0.6) is 11.5 Å². The molecule has 1 unspecified atom stereocenters. The zero-order valence-electron chi connectivity index (χ0n) is 27.6. The summed E-state index contributed by atoms with van der Waals surface area (Å²) < 4.78 is 6.60. The Morgan fingerprint density at radius 1 is 0.646 bits per heavy atom. The van der Waals surface area contributed by atoms with Crippen LogP contribution in [0, 0.1) is 19.3 Å². The summed E-state index contributed by atoms with van der Waals surface area (Å²) in [6, 6.07) is 40.7. The summed E-state index contributed by atoms with van der Waals surface area (Å²) in [6.07, 6.45) is 6.97. The number of allylic oxidation sites excluding steroid dienone is 4. The van der Waals surface area contributed by atoms with Gasteiger partial charge in [0, 0.05) is 46.1 Å². The van der Waals surface area contributed by atoms with Crippen molar-refractivity contribution in [3.8, 4) is 11.5 Å². The zero-order valence-corrected chi connectivity index (χ0v) is 27.6. The van der Waals surface area contributed by atoms with Crippen molar-refractivity contribution >= 4 is 23.0 Å². The molecule has 3 aliphatic heterocycles. The lowest BCUT2D eigenvalue weighted by Crippen LogP contribution is -2.44. The van der Waals surface area contributed by atoms with Crippen LogP contribution in [0.15, 0.2) is 150 Å². The van der Waals surface area contributed by atoms with Crippen molar-refractivity contribution in [2.45, 2.75) is 39.5 Å². The van der Waals surface area contributed by atoms with Crippen molar-refractivity contribution in [2.75, 3.05) is 9.80 Å². The van der Waals surface area contributed by atoms with E-state index in [1.54, 1.807) is 4.90 Å². The maximum Gasteiger partial charge on any atom is 0.259 e. The Labute approximate surface area is 281 Å². The fourth-order valence-corrected chi connectivity index (χ4v) is 8.45. The van der Waals surface area contributed by atoms with Crippen molar-refractivity contribution in [3.63, 3.8) is 0 Å². The molecule has 1 amide bonds. The number of benzene rings is 5. The minimum absolute atomic E-state index is 0.0321. The third-order valence-electron chi connectivity index (χ3n) is 10.9. The molecule has 0 N–H and O–H groups in total. The summed E-state index contributed by atoms with van der Waals surface area (Å²) in [5.74, 6) is 1.79. The lowest BCUT2D eigenvalue weighted by Gasteiger charge is -2.50. The van der Waals surface area contributed by atoms with Crippen LogP contribution in [-0.2, 0) is 10.2 Å². The van der Waals surface area contributed by atoms with Gasteiger partial charge in [0.2, 0.25) is 0 Å². The molecule has 0 fully saturated rings. The molecule has 0 bridgehead atoms. The molecule has 3 heterocycles. The van der Waals surface area contributed by atoms with Gasteiger partial charge in [-0.15, -0.1) is 0 Å². The van der Waals surface area contributed by atoms with Crippen LogP contribution in [-0.4, -0.2) is 5.91 Å². The number of hydrogen-bond donors (Lipinski definition) is 0. The molecule has 4 nitrogen and oxygen atoms in total. The van der Waals surface area contributed by atoms with Crippen molar-refractivity contribution in [3.05, 3.63) is 184 Å². The highest BCUT2D eigenvalue weighted by Crippen LogP contribution is 2.63. The number of para-hydroxylation sites is 3. The molecule has 4 heteroatoms. The maximum atomic E-state index is 14.1. The monoisotopic (exact) mass is 624 g/mol. The molecule has 9 rings (SSSR count). The first-order chi connectivity index (χ1) is 23.3. The van der Waals surface area contributed by atoms with Gasteiger partial charge < -0.3 is 9.64 Å². The average Bonchev–Trinajstić information content (AvgIpc) is 3.10. The number of hydrogen-bond acceptors (Lipinski definition) is 3. The smallest absolute Gasteiger partial charge is 0.259 e. The molecule has 0 aromatic heterocycles. The SMILES string of the molecule is CC1=CN(c2ccccc2)C(=O)C2=CC=C(N3c4ccc(C)cc4C4(c5ccccc5Oc5ccccc54)c4cc(C)ccc43)CC12C. The molecular formula is C44H36N2O2. The van der Waals surface area contributed by atoms with E-state index in [4.69, 9.17) is 4.74 Å². The van der Waals surface area contributed by atoms with Gasteiger partial charge in [-0.2, -0.15) is 0 Å². The lowest BCUT2D eigenvalue weighted by atomic mass is 9.60. The second-order valence-corrected chi connectivity index (χ2v) is 13.8. The second-order valence-electron chi connectivity index (χ2n) is 13.8. The normalized spacial score (nSPS) is 19.9. The quantitative estimate of drug-likeness (QED) is 0.192. The summed E-state index contributed by atoms with van der Waals surface area (Å²) in [4.78, 5) is 18.3. The van der Waals surface area contributed by atoms with Gasteiger partial charge in [0.25, 0.3) is 5.91 Å². The molecule has 1 aliphatic carbocycles. The lowest BCUT2D eigenvalue weighted by molar-refractivity contribution is -0.115. The van der Waals surface area contributed by atoms with E-state index in [2.05, 4.69) is 130 Å². The molecule has 48 heavy (non-hydrogen) atoms. The first kappa shape index (κ1) is 28.6. The average molecular weight is 625 g/mol. The van der Waals surface area contributed by atoms with Crippen LogP contribution in [0.4, 0.5) is 17.1 Å². The van der Waals surface area contributed by atoms with E-state index < -0.39 is 10.8 Å². The number of carbonyl (C=O) groups is 1. The van der Waals surface area contributed by atoms with Crippen LogP contribution in [0.2, 0.25) is 0 Å². The summed E-state index contributed by atoms with van der Waals surface area (Å²) in [5.41, 5.74) is 12.4. The third-order valence-corrected chi connectivity index (χ3v) is 10.9. The highest BCUT2D eigenvalue weighted by molar-refractivity contribution is 6.10. The van der Waals surface area contributed by atoms with Gasteiger partial charge in [-0.3, -0.25) is 9.69 Å². The molecule has 0 radical (unpaired) electrons. The van der Waals surface area contributed by atoms with Crippen molar-refractivity contribution in [1.29, 1.82) is 0 Å². The molecular weight excluding hydrogens is 588 g/mol. The molecule has 4 aliphatic rings. The fraction of sp³-hybridized carbons (Fsp3) is 0.159. The van der Waals surface area contributed by atoms with Crippen LogP contribution in [0.3, 0.4) is 0 Å². The molecule has 1 spiro atoms. The largest absolute Gasteiger partial charge is 0.457 e. The van der Waals surface area contributed by atoms with Crippen molar-refractivity contribution in [1.82, 2.24) is 0 Å². The predicted octanol–water partition coefficient (Wildman–Crippen LogP) is 10.4. The van der Waals surface area contributed by atoms with Crippen molar-refractivity contribution in [2.24, 2.45) is 5.41 Å². The van der Waals surface area contributed by atoms with Crippen LogP contribution < -0.4 is 14.5 Å². The third kappa shape index (κ3) is 3.80. The van der Waals surface area contributed by atoms with E-state index in [9.17, 15) is 4.79 Å². The Kier molecular flexibility index (Phi) is 6.07. The molecule has 5 aromatic rings. The molecule has 234 valence electrons. The molecule has 0 saturated heterocycles. The summed E-state index contributed by atoms with van der Waals surface area (Å²) >= 11 is 0. The van der Waals surface area contributed by atoms with Gasteiger partial charge in [-0.1, -0.05) is 103 Å². The Morgan fingerprint density at radius 2 is 1.21 bits per heavy atom. The van der Waals surface area contributed by atoms with E-state index >= 15 is 0 Å². The van der Waals surface area contributed by atoms with Gasteiger partial charge in [-0.05, 0) is 79.9 Å².